The molecule has 0 fully saturated rings. The second-order valence-electron chi connectivity index (χ2n) is 7.47. The van der Waals surface area contributed by atoms with Crippen molar-refractivity contribution in [2.45, 2.75) is 22.6 Å². The van der Waals surface area contributed by atoms with Crippen molar-refractivity contribution >= 4 is 22.2 Å². The third kappa shape index (κ3) is 5.03. The maximum atomic E-state index is 13.5. The molecule has 1 aliphatic heterocycles. The van der Waals surface area contributed by atoms with Crippen LogP contribution < -0.4 is 9.47 Å². The summed E-state index contributed by atoms with van der Waals surface area (Å²) >= 11 is 0. The van der Waals surface area contributed by atoms with Gasteiger partial charge in [0.25, 0.3) is 0 Å². The minimum absolute atomic E-state index is 0. The van der Waals surface area contributed by atoms with Gasteiger partial charge < -0.3 is 14.4 Å². The Kier molecular flexibility index (Phi) is 7.26. The van der Waals surface area contributed by atoms with E-state index in [2.05, 4.69) is 11.9 Å². The van der Waals surface area contributed by atoms with Crippen molar-refractivity contribution in [1.29, 1.82) is 0 Å². The number of rotatable bonds is 5. The van der Waals surface area contributed by atoms with E-state index in [0.717, 1.165) is 37.1 Å². The maximum Gasteiger partial charge on any atom is 0.210 e. The molecule has 0 radical (unpaired) electrons. The van der Waals surface area contributed by atoms with Gasteiger partial charge in [0.2, 0.25) is 9.84 Å². The van der Waals surface area contributed by atoms with Crippen molar-refractivity contribution < 1.29 is 17.9 Å². The quantitative estimate of drug-likeness (QED) is 0.550. The van der Waals surface area contributed by atoms with Crippen LogP contribution in [0.3, 0.4) is 0 Å². The van der Waals surface area contributed by atoms with Gasteiger partial charge >= 0.3 is 0 Å². The predicted octanol–water partition coefficient (Wildman–Crippen LogP) is 4.77. The van der Waals surface area contributed by atoms with Crippen LogP contribution in [-0.4, -0.2) is 40.6 Å². The first kappa shape index (κ1) is 23.1. The van der Waals surface area contributed by atoms with Gasteiger partial charge in [-0.25, -0.2) is 8.42 Å². The largest absolute Gasteiger partial charge is 0.495 e. The first-order valence-electron chi connectivity index (χ1n) is 9.94. The fourth-order valence-corrected chi connectivity index (χ4v) is 5.16. The molecular formula is C24H26ClNO4S. The zero-order chi connectivity index (χ0) is 21.1. The average Bonchev–Trinajstić information content (AvgIpc) is 2.95. The van der Waals surface area contributed by atoms with Gasteiger partial charge in [-0.3, -0.25) is 0 Å². The van der Waals surface area contributed by atoms with Gasteiger partial charge in [0.1, 0.15) is 22.1 Å². The van der Waals surface area contributed by atoms with Gasteiger partial charge in [0, 0.05) is 13.1 Å². The Balaban J connectivity index is 0.00000272. The molecular weight excluding hydrogens is 434 g/mol. The van der Waals surface area contributed by atoms with Crippen LogP contribution in [0, 0.1) is 0 Å². The highest BCUT2D eigenvalue weighted by Gasteiger charge is 2.25. The molecule has 0 atom stereocenters. The van der Waals surface area contributed by atoms with E-state index in [9.17, 15) is 8.42 Å². The first-order valence-corrected chi connectivity index (χ1v) is 11.4. The molecule has 0 N–H and O–H groups in total. The second kappa shape index (κ2) is 9.73. The standard InChI is InChI=1S/C24H25NO4S.ClH/c1-25-13-11-18-15-23(28-2)24(16-19(18)12-14-25)30(26,27)22-10-6-9-21(17-22)29-20-7-4-3-5-8-20;/h3-10,15-17H,11-14H2,1-2H3;1H. The summed E-state index contributed by atoms with van der Waals surface area (Å²) in [5, 5.41) is 0. The number of para-hydroxylation sites is 1. The minimum Gasteiger partial charge on any atom is -0.495 e. The smallest absolute Gasteiger partial charge is 0.210 e. The van der Waals surface area contributed by atoms with Crippen molar-refractivity contribution in [1.82, 2.24) is 4.90 Å². The van der Waals surface area contributed by atoms with E-state index in [0.29, 0.717) is 17.2 Å². The van der Waals surface area contributed by atoms with E-state index in [1.807, 2.05) is 36.4 Å². The molecule has 0 aliphatic carbocycles. The maximum absolute atomic E-state index is 13.5. The van der Waals surface area contributed by atoms with Crippen LogP contribution in [0.1, 0.15) is 11.1 Å². The summed E-state index contributed by atoms with van der Waals surface area (Å²) in [7, 11) is -0.179. The normalized spacial score (nSPS) is 14.1. The number of hydrogen-bond acceptors (Lipinski definition) is 5. The Bertz CT molecular complexity index is 1150. The Morgan fingerprint density at radius 1 is 0.839 bits per heavy atom. The fourth-order valence-electron chi connectivity index (χ4n) is 3.67. The van der Waals surface area contributed by atoms with Crippen molar-refractivity contribution in [2.75, 3.05) is 27.2 Å². The van der Waals surface area contributed by atoms with E-state index in [1.54, 1.807) is 30.3 Å². The van der Waals surface area contributed by atoms with Crippen LogP contribution in [0.5, 0.6) is 17.2 Å². The molecule has 164 valence electrons. The van der Waals surface area contributed by atoms with E-state index >= 15 is 0 Å². The molecule has 0 unspecified atom stereocenters. The van der Waals surface area contributed by atoms with E-state index in [-0.39, 0.29) is 22.2 Å². The molecule has 7 heteroatoms. The SMILES string of the molecule is COc1cc2c(cc1S(=O)(=O)c1cccc(Oc3ccccc3)c1)CCN(C)CC2.Cl. The summed E-state index contributed by atoms with van der Waals surface area (Å²) in [6, 6.07) is 19.5. The van der Waals surface area contributed by atoms with Crippen molar-refractivity contribution in [3.63, 3.8) is 0 Å². The third-order valence-electron chi connectivity index (χ3n) is 5.40. The summed E-state index contributed by atoms with van der Waals surface area (Å²) in [6.07, 6.45) is 1.69. The zero-order valence-corrected chi connectivity index (χ0v) is 19.2. The Morgan fingerprint density at radius 3 is 2.16 bits per heavy atom. The summed E-state index contributed by atoms with van der Waals surface area (Å²) in [5.74, 6) is 1.50. The summed E-state index contributed by atoms with van der Waals surface area (Å²) in [6.45, 7) is 1.85. The van der Waals surface area contributed by atoms with Gasteiger partial charge in [-0.15, -0.1) is 12.4 Å². The van der Waals surface area contributed by atoms with Crippen molar-refractivity contribution in [2.24, 2.45) is 0 Å². The first-order chi connectivity index (χ1) is 14.5. The van der Waals surface area contributed by atoms with Crippen LogP contribution in [0.2, 0.25) is 0 Å². The van der Waals surface area contributed by atoms with E-state index < -0.39 is 9.84 Å². The van der Waals surface area contributed by atoms with Crippen molar-refractivity contribution in [3.05, 3.63) is 77.9 Å². The van der Waals surface area contributed by atoms with Crippen LogP contribution >= 0.6 is 12.4 Å². The lowest BCUT2D eigenvalue weighted by atomic mass is 10.0. The molecule has 0 amide bonds. The Labute approximate surface area is 189 Å². The highest BCUT2D eigenvalue weighted by molar-refractivity contribution is 7.91. The van der Waals surface area contributed by atoms with Crippen LogP contribution in [-0.2, 0) is 22.7 Å². The molecule has 0 saturated heterocycles. The summed E-state index contributed by atoms with van der Waals surface area (Å²) in [4.78, 5) is 2.63. The number of sulfone groups is 1. The number of hydrogen-bond donors (Lipinski definition) is 0. The lowest BCUT2D eigenvalue weighted by Crippen LogP contribution is -2.20. The van der Waals surface area contributed by atoms with Gasteiger partial charge in [0.05, 0.1) is 12.0 Å². The number of methoxy groups -OCH3 is 1. The monoisotopic (exact) mass is 459 g/mol. The summed E-state index contributed by atoms with van der Waals surface area (Å²) < 4.78 is 38.3. The van der Waals surface area contributed by atoms with Gasteiger partial charge in [-0.05, 0) is 73.5 Å². The molecule has 0 aromatic heterocycles. The predicted molar refractivity (Wildman–Crippen MR) is 124 cm³/mol. The summed E-state index contributed by atoms with van der Waals surface area (Å²) in [5.41, 5.74) is 2.21. The Hall–Kier alpha value is -2.54. The highest BCUT2D eigenvalue weighted by atomic mass is 35.5. The van der Waals surface area contributed by atoms with Gasteiger partial charge in [0.15, 0.2) is 0 Å². The molecule has 4 rings (SSSR count). The molecule has 5 nitrogen and oxygen atoms in total. The van der Waals surface area contributed by atoms with Crippen LogP contribution in [0.25, 0.3) is 0 Å². The third-order valence-corrected chi connectivity index (χ3v) is 7.17. The van der Waals surface area contributed by atoms with Crippen molar-refractivity contribution in [3.8, 4) is 17.2 Å². The van der Waals surface area contributed by atoms with E-state index in [4.69, 9.17) is 9.47 Å². The number of ether oxygens (including phenoxy) is 2. The average molecular weight is 460 g/mol. The molecule has 0 bridgehead atoms. The minimum atomic E-state index is -3.77. The molecule has 0 spiro atoms. The number of benzene rings is 3. The number of likely N-dealkylation sites (N-methyl/N-ethyl adjacent to an activating group) is 1. The molecule has 0 saturated carbocycles. The topological polar surface area (TPSA) is 55.8 Å². The molecule has 1 heterocycles. The molecule has 3 aromatic rings. The van der Waals surface area contributed by atoms with Crippen LogP contribution in [0.4, 0.5) is 0 Å². The number of fused-ring (bicyclic) bond motifs is 1. The molecule has 1 aliphatic rings. The van der Waals surface area contributed by atoms with Gasteiger partial charge in [-0.2, -0.15) is 0 Å². The lowest BCUT2D eigenvalue weighted by molar-refractivity contribution is 0.352. The van der Waals surface area contributed by atoms with Crippen LogP contribution in [0.15, 0.2) is 76.5 Å². The zero-order valence-electron chi connectivity index (χ0n) is 17.6. The van der Waals surface area contributed by atoms with E-state index in [1.165, 1.54) is 7.11 Å². The highest BCUT2D eigenvalue weighted by Crippen LogP contribution is 2.35. The number of nitrogens with zero attached hydrogens (tertiary/aromatic N) is 1. The lowest BCUT2D eigenvalue weighted by Gasteiger charge is -2.15. The second-order valence-corrected chi connectivity index (χ2v) is 9.39. The Morgan fingerprint density at radius 2 is 1.48 bits per heavy atom. The molecule has 31 heavy (non-hydrogen) atoms. The molecule has 3 aromatic carbocycles. The van der Waals surface area contributed by atoms with Gasteiger partial charge in [-0.1, -0.05) is 24.3 Å². The number of halogens is 1. The fraction of sp³-hybridized carbons (Fsp3) is 0.250.